The van der Waals surface area contributed by atoms with Gasteiger partial charge in [-0.1, -0.05) is 23.7 Å². The van der Waals surface area contributed by atoms with Gasteiger partial charge in [-0.25, -0.2) is 4.57 Å². The smallest absolute Gasteiger partial charge is 0.313 e. The molecule has 2 aromatic heterocycles. The number of carbonyl (C=O) groups is 4. The molecule has 0 unspecified atom stereocenters. The predicted octanol–water partition coefficient (Wildman–Crippen LogP) is 5.50. The van der Waals surface area contributed by atoms with E-state index in [1.807, 2.05) is 18.2 Å². The van der Waals surface area contributed by atoms with Crippen LogP contribution >= 0.6 is 23.1 Å². The van der Waals surface area contributed by atoms with Crippen LogP contribution in [0.5, 0.6) is 5.88 Å². The summed E-state index contributed by atoms with van der Waals surface area (Å²) in [6.07, 6.45) is 0.0487. The van der Waals surface area contributed by atoms with Gasteiger partial charge in [0, 0.05) is 61.0 Å². The Balaban J connectivity index is 1.28. The van der Waals surface area contributed by atoms with E-state index in [-0.39, 0.29) is 44.8 Å². The number of esters is 3. The summed E-state index contributed by atoms with van der Waals surface area (Å²) in [6.45, 7) is 8.13. The summed E-state index contributed by atoms with van der Waals surface area (Å²) >= 11 is 8.28. The first-order valence-electron chi connectivity index (χ1n) is 15.5. The number of hydrogen-bond acceptors (Lipinski definition) is 11. The van der Waals surface area contributed by atoms with Crippen LogP contribution in [0.3, 0.4) is 0 Å². The van der Waals surface area contributed by atoms with Gasteiger partial charge >= 0.3 is 17.9 Å². The van der Waals surface area contributed by atoms with Crippen molar-refractivity contribution in [1.29, 1.82) is 0 Å². The summed E-state index contributed by atoms with van der Waals surface area (Å²) in [5.41, 5.74) is 1.36. The quantitative estimate of drug-likeness (QED) is 0.169. The van der Waals surface area contributed by atoms with Crippen molar-refractivity contribution in [1.82, 2.24) is 13.8 Å². The van der Waals surface area contributed by atoms with E-state index in [1.54, 1.807) is 26.0 Å². The van der Waals surface area contributed by atoms with E-state index < -0.39 is 23.8 Å². The summed E-state index contributed by atoms with van der Waals surface area (Å²) in [5, 5.41) is 2.34. The van der Waals surface area contributed by atoms with Gasteiger partial charge in [0.15, 0.2) is 0 Å². The number of nitrogens with zero attached hydrogens (tertiary/aromatic N) is 4. The number of aromatic nitrogens is 2. The Labute approximate surface area is 276 Å². The van der Waals surface area contributed by atoms with Crippen molar-refractivity contribution >= 4 is 73.8 Å². The number of anilines is 1. The fraction of sp³-hybridized carbons (Fsp3) is 0.424. The van der Waals surface area contributed by atoms with Crippen LogP contribution in [0.4, 0.5) is 5.82 Å². The monoisotopic (exact) mass is 668 g/mol. The molecule has 3 heterocycles. The summed E-state index contributed by atoms with van der Waals surface area (Å²) in [4.78, 5) is 54.4. The summed E-state index contributed by atoms with van der Waals surface area (Å²) < 4.78 is 22.5. The summed E-state index contributed by atoms with van der Waals surface area (Å²) in [7, 11) is 0. The van der Waals surface area contributed by atoms with Crippen LogP contribution in [0.25, 0.3) is 21.0 Å². The molecule has 1 aliphatic rings. The fourth-order valence-corrected chi connectivity index (χ4v) is 6.55. The number of hydrogen-bond donors (Lipinski definition) is 0. The lowest BCUT2D eigenvalue weighted by atomic mass is 10.1. The molecule has 0 amide bonds. The van der Waals surface area contributed by atoms with Crippen molar-refractivity contribution in [3.8, 4) is 5.88 Å². The first-order chi connectivity index (χ1) is 22.3. The molecule has 1 aliphatic heterocycles. The van der Waals surface area contributed by atoms with Crippen molar-refractivity contribution in [2.24, 2.45) is 0 Å². The third-order valence-electron chi connectivity index (χ3n) is 7.82. The van der Waals surface area contributed by atoms with Crippen LogP contribution < -0.4 is 9.64 Å². The zero-order valence-electron chi connectivity index (χ0n) is 26.0. The largest absolute Gasteiger partial charge is 0.466 e. The number of ether oxygens (including phenoxy) is 3. The molecular formula is C33H37ClN4O7S. The van der Waals surface area contributed by atoms with E-state index in [4.69, 9.17) is 30.2 Å². The third-order valence-corrected chi connectivity index (χ3v) is 8.99. The van der Waals surface area contributed by atoms with Crippen molar-refractivity contribution in [3.63, 3.8) is 0 Å². The molecule has 0 aliphatic carbocycles. The number of rotatable bonds is 13. The van der Waals surface area contributed by atoms with E-state index in [2.05, 4.69) is 21.9 Å². The minimum Gasteiger partial charge on any atom is -0.466 e. The second-order valence-electron chi connectivity index (χ2n) is 10.9. The van der Waals surface area contributed by atoms with E-state index >= 15 is 0 Å². The second-order valence-corrected chi connectivity index (χ2v) is 12.1. The first-order valence-corrected chi connectivity index (χ1v) is 16.6. The fourth-order valence-electron chi connectivity index (χ4n) is 5.50. The van der Waals surface area contributed by atoms with Crippen LogP contribution in [0, 0.1) is 0 Å². The molecule has 244 valence electrons. The number of fused-ring (bicyclic) bond motifs is 2. The van der Waals surface area contributed by atoms with E-state index in [0.717, 1.165) is 44.1 Å². The highest BCUT2D eigenvalue weighted by Crippen LogP contribution is 2.33. The SMILES string of the molecule is CCOC(=O)CCC(=O)Oc1cc2cc(CCN3CCN(c4nsc5ccccc45)CC3)c(Cl)cc2n1C(=O)CCC(=O)OCC. The lowest BCUT2D eigenvalue weighted by Crippen LogP contribution is -2.47. The lowest BCUT2D eigenvalue weighted by Gasteiger charge is -2.35. The molecule has 0 radical (unpaired) electrons. The topological polar surface area (TPSA) is 120 Å². The Hall–Kier alpha value is -4.00. The summed E-state index contributed by atoms with van der Waals surface area (Å²) in [6, 6.07) is 13.5. The molecule has 4 aromatic rings. The van der Waals surface area contributed by atoms with E-state index in [9.17, 15) is 19.2 Å². The maximum atomic E-state index is 13.3. The van der Waals surface area contributed by atoms with Gasteiger partial charge in [-0.15, -0.1) is 0 Å². The molecule has 0 N–H and O–H groups in total. The highest BCUT2D eigenvalue weighted by atomic mass is 35.5. The van der Waals surface area contributed by atoms with Gasteiger partial charge in [0.2, 0.25) is 11.8 Å². The Morgan fingerprint density at radius 1 is 0.870 bits per heavy atom. The maximum Gasteiger partial charge on any atom is 0.313 e. The van der Waals surface area contributed by atoms with Gasteiger partial charge in [0.25, 0.3) is 0 Å². The Kier molecular flexibility index (Phi) is 11.3. The molecule has 1 fully saturated rings. The van der Waals surface area contributed by atoms with E-state index in [1.165, 1.54) is 26.2 Å². The Morgan fingerprint density at radius 3 is 2.26 bits per heavy atom. The molecule has 0 atom stereocenters. The number of benzene rings is 2. The highest BCUT2D eigenvalue weighted by Gasteiger charge is 2.23. The third kappa shape index (κ3) is 8.04. The number of halogens is 1. The molecule has 1 saturated heterocycles. The summed E-state index contributed by atoms with van der Waals surface area (Å²) in [5.74, 6) is -1.11. The predicted molar refractivity (Wildman–Crippen MR) is 177 cm³/mol. The van der Waals surface area contributed by atoms with Crippen molar-refractivity contribution < 1.29 is 33.4 Å². The van der Waals surface area contributed by atoms with Crippen LogP contribution in [0.15, 0.2) is 42.5 Å². The molecular weight excluding hydrogens is 632 g/mol. The van der Waals surface area contributed by atoms with Crippen LogP contribution in [0.2, 0.25) is 5.02 Å². The van der Waals surface area contributed by atoms with Crippen LogP contribution in [0.1, 0.15) is 49.9 Å². The van der Waals surface area contributed by atoms with Gasteiger partial charge in [0.05, 0.1) is 42.7 Å². The van der Waals surface area contributed by atoms with Gasteiger partial charge in [-0.2, -0.15) is 4.37 Å². The normalized spacial score (nSPS) is 13.7. The average molecular weight is 669 g/mol. The van der Waals surface area contributed by atoms with Crippen LogP contribution in [-0.4, -0.2) is 83.6 Å². The molecule has 2 aromatic carbocycles. The van der Waals surface area contributed by atoms with E-state index in [0.29, 0.717) is 22.3 Å². The Bertz CT molecular complexity index is 1730. The molecule has 0 saturated carbocycles. The molecule has 11 nitrogen and oxygen atoms in total. The Morgan fingerprint density at radius 2 is 1.54 bits per heavy atom. The highest BCUT2D eigenvalue weighted by molar-refractivity contribution is 7.13. The second kappa shape index (κ2) is 15.5. The number of carbonyl (C=O) groups excluding carboxylic acids is 4. The van der Waals surface area contributed by atoms with Crippen molar-refractivity contribution in [2.75, 3.05) is 50.8 Å². The lowest BCUT2D eigenvalue weighted by molar-refractivity contribution is -0.146. The molecule has 13 heteroatoms. The maximum absolute atomic E-state index is 13.3. The van der Waals surface area contributed by atoms with Crippen molar-refractivity contribution in [3.05, 3.63) is 53.1 Å². The number of piperazine rings is 1. The zero-order valence-corrected chi connectivity index (χ0v) is 27.5. The first kappa shape index (κ1) is 33.4. The van der Waals surface area contributed by atoms with Gasteiger partial charge in [0.1, 0.15) is 5.82 Å². The molecule has 0 spiro atoms. The van der Waals surface area contributed by atoms with Gasteiger partial charge in [-0.3, -0.25) is 24.1 Å². The standard InChI is InChI=1S/C33H37ClN4O7S/c1-3-43-30(40)10-9-28(39)38-26-21-25(34)22(19-23(26)20-29(38)45-32(42)12-11-31(41)44-4-2)13-14-36-15-17-37(18-16-36)33-24-7-5-6-8-27(24)46-35-33/h5-8,19-21H,3-4,9-18H2,1-2H3. The molecule has 46 heavy (non-hydrogen) atoms. The minimum absolute atomic E-state index is 0.00313. The van der Waals surface area contributed by atoms with Gasteiger partial charge in [-0.05, 0) is 61.6 Å². The zero-order chi connectivity index (χ0) is 32.6. The molecule has 0 bridgehead atoms. The van der Waals surface area contributed by atoms with Crippen molar-refractivity contribution in [2.45, 2.75) is 46.0 Å². The average Bonchev–Trinajstić information content (AvgIpc) is 3.63. The molecule has 5 rings (SSSR count). The minimum atomic E-state index is -0.689. The van der Waals surface area contributed by atoms with Gasteiger partial charge < -0.3 is 19.1 Å². The van der Waals surface area contributed by atoms with Crippen LogP contribution in [-0.2, 0) is 30.3 Å².